The van der Waals surface area contributed by atoms with Crippen molar-refractivity contribution in [1.82, 2.24) is 15.6 Å². The number of nitrogens with one attached hydrogen (secondary N) is 3. The molecule has 1 unspecified atom stereocenters. The lowest BCUT2D eigenvalue weighted by atomic mass is 10.0. The molecule has 0 aliphatic heterocycles. The van der Waals surface area contributed by atoms with E-state index in [9.17, 15) is 9.59 Å². The summed E-state index contributed by atoms with van der Waals surface area (Å²) in [7, 11) is 2.95. The highest BCUT2D eigenvalue weighted by molar-refractivity contribution is 5.97. The van der Waals surface area contributed by atoms with Crippen molar-refractivity contribution in [2.75, 3.05) is 27.3 Å². The Balaban J connectivity index is 1.91. The fraction of sp³-hybridized carbons (Fsp3) is 0.292. The smallest absolute Gasteiger partial charge is 0.269 e. The van der Waals surface area contributed by atoms with E-state index in [1.807, 2.05) is 24.3 Å². The van der Waals surface area contributed by atoms with E-state index in [-0.39, 0.29) is 24.7 Å². The number of aryl methyl sites for hydroxylation is 1. The van der Waals surface area contributed by atoms with E-state index >= 15 is 0 Å². The zero-order chi connectivity index (χ0) is 25.1. The Hall–Kier alpha value is -4.05. The van der Waals surface area contributed by atoms with E-state index in [2.05, 4.69) is 17.6 Å². The summed E-state index contributed by atoms with van der Waals surface area (Å²) in [6.45, 7) is 2.43. The van der Waals surface area contributed by atoms with Crippen LogP contribution < -0.4 is 31.7 Å². The van der Waals surface area contributed by atoms with Crippen LogP contribution in [0.25, 0.3) is 0 Å². The van der Waals surface area contributed by atoms with Gasteiger partial charge in [-0.05, 0) is 29.7 Å². The normalized spacial score (nSPS) is 11.8. The third kappa shape index (κ3) is 6.97. The molecule has 0 aromatic heterocycles. The van der Waals surface area contributed by atoms with E-state index in [1.165, 1.54) is 25.4 Å². The summed E-state index contributed by atoms with van der Waals surface area (Å²) in [4.78, 5) is 25.0. The molecule has 0 aliphatic carbocycles. The Morgan fingerprint density at radius 2 is 1.85 bits per heavy atom. The molecule has 2 rings (SSSR count). The second-order valence-corrected chi connectivity index (χ2v) is 7.33. The standard InChI is InChI=1S/C24H32N6O4/c1-4-16-8-10-17(11-9-16)20(14-25)29-24(32)19(26)15-30(27)13-12-28-23(31)18-6-5-7-21(33-2)22(18)34-3/h5-11,14-15,20,25H,4,12-13,26-27H2,1-3H3,(H,28,31)(H,29,32)/b19-15-,25-14?. The van der Waals surface area contributed by atoms with Crippen molar-refractivity contribution < 1.29 is 19.1 Å². The first-order chi connectivity index (χ1) is 16.3. The molecule has 182 valence electrons. The van der Waals surface area contributed by atoms with Crippen LogP contribution in [0.5, 0.6) is 11.5 Å². The first-order valence-corrected chi connectivity index (χ1v) is 10.7. The van der Waals surface area contributed by atoms with E-state index in [1.54, 1.807) is 18.2 Å². The van der Waals surface area contributed by atoms with E-state index in [0.717, 1.165) is 23.8 Å². The van der Waals surface area contributed by atoms with Crippen molar-refractivity contribution in [3.05, 3.63) is 71.1 Å². The van der Waals surface area contributed by atoms with Gasteiger partial charge in [0.1, 0.15) is 5.70 Å². The number of nitrogens with zero attached hydrogens (tertiary/aromatic N) is 1. The number of rotatable bonds is 12. The van der Waals surface area contributed by atoms with Crippen LogP contribution >= 0.6 is 0 Å². The maximum Gasteiger partial charge on any atom is 0.269 e. The number of nitrogens with two attached hydrogens (primary N) is 2. The number of ether oxygens (including phenoxy) is 2. The van der Waals surface area contributed by atoms with Crippen LogP contribution in [0.3, 0.4) is 0 Å². The van der Waals surface area contributed by atoms with E-state index in [0.29, 0.717) is 17.1 Å². The van der Waals surface area contributed by atoms with Crippen LogP contribution in [0.4, 0.5) is 0 Å². The Morgan fingerprint density at radius 3 is 2.44 bits per heavy atom. The monoisotopic (exact) mass is 468 g/mol. The first kappa shape index (κ1) is 26.2. The fourth-order valence-electron chi connectivity index (χ4n) is 3.17. The number of hydrazine groups is 1. The highest BCUT2D eigenvalue weighted by Gasteiger charge is 2.17. The number of benzene rings is 2. The second kappa shape index (κ2) is 12.9. The summed E-state index contributed by atoms with van der Waals surface area (Å²) in [5, 5.41) is 14.3. The van der Waals surface area contributed by atoms with E-state index in [4.69, 9.17) is 26.5 Å². The van der Waals surface area contributed by atoms with Gasteiger partial charge in [-0.2, -0.15) is 0 Å². The Bertz CT molecular complexity index is 1020. The minimum atomic E-state index is -0.617. The molecule has 2 aromatic rings. The van der Waals surface area contributed by atoms with Crippen molar-refractivity contribution in [2.45, 2.75) is 19.4 Å². The van der Waals surface area contributed by atoms with Crippen molar-refractivity contribution in [3.8, 4) is 11.5 Å². The van der Waals surface area contributed by atoms with Crippen molar-refractivity contribution in [1.29, 1.82) is 5.41 Å². The average Bonchev–Trinajstić information content (AvgIpc) is 2.86. The zero-order valence-corrected chi connectivity index (χ0v) is 19.6. The molecule has 10 heteroatoms. The Labute approximate surface area is 199 Å². The van der Waals surface area contributed by atoms with Crippen LogP contribution in [0.2, 0.25) is 0 Å². The van der Waals surface area contributed by atoms with Gasteiger partial charge >= 0.3 is 0 Å². The third-order valence-corrected chi connectivity index (χ3v) is 5.07. The van der Waals surface area contributed by atoms with Gasteiger partial charge in [0.15, 0.2) is 11.5 Å². The number of carbonyl (C=O) groups excluding carboxylic acids is 2. The molecule has 2 aromatic carbocycles. The summed E-state index contributed by atoms with van der Waals surface area (Å²) in [5.41, 5.74) is 8.00. The lowest BCUT2D eigenvalue weighted by Gasteiger charge is -2.18. The summed E-state index contributed by atoms with van der Waals surface area (Å²) >= 11 is 0. The maximum atomic E-state index is 12.5. The van der Waals surface area contributed by atoms with Crippen LogP contribution in [-0.4, -0.2) is 50.3 Å². The molecule has 2 amide bonds. The maximum absolute atomic E-state index is 12.5. The van der Waals surface area contributed by atoms with Crippen LogP contribution in [0.1, 0.15) is 34.5 Å². The molecule has 0 aliphatic rings. The summed E-state index contributed by atoms with van der Waals surface area (Å²) in [6.07, 6.45) is 3.31. The largest absolute Gasteiger partial charge is 0.493 e. The van der Waals surface area contributed by atoms with Crippen molar-refractivity contribution in [3.63, 3.8) is 0 Å². The van der Waals surface area contributed by atoms with Gasteiger partial charge in [-0.25, -0.2) is 5.84 Å². The SMILES string of the molecule is CCc1ccc(C(C=N)NC(=O)/C(N)=C/N(N)CCNC(=O)c2cccc(OC)c2OC)cc1. The summed E-state index contributed by atoms with van der Waals surface area (Å²) in [6, 6.07) is 12.0. The predicted molar refractivity (Wildman–Crippen MR) is 131 cm³/mol. The van der Waals surface area contributed by atoms with Gasteiger partial charge < -0.3 is 36.3 Å². The predicted octanol–water partition coefficient (Wildman–Crippen LogP) is 1.48. The second-order valence-electron chi connectivity index (χ2n) is 7.33. The highest BCUT2D eigenvalue weighted by Crippen LogP contribution is 2.30. The summed E-state index contributed by atoms with van der Waals surface area (Å²) < 4.78 is 10.5. The number of amides is 2. The van der Waals surface area contributed by atoms with Crippen LogP contribution in [-0.2, 0) is 11.2 Å². The fourth-order valence-corrected chi connectivity index (χ4v) is 3.17. The highest BCUT2D eigenvalue weighted by atomic mass is 16.5. The molecule has 10 nitrogen and oxygen atoms in total. The minimum Gasteiger partial charge on any atom is -0.493 e. The molecular formula is C24H32N6O4. The molecule has 0 saturated carbocycles. The van der Waals surface area contributed by atoms with Gasteiger partial charge in [0, 0.05) is 19.0 Å². The molecule has 0 bridgehead atoms. The minimum absolute atomic E-state index is 0.125. The number of methoxy groups -OCH3 is 2. The molecule has 7 N–H and O–H groups in total. The number of hydrogen-bond acceptors (Lipinski definition) is 8. The molecule has 1 atom stereocenters. The third-order valence-electron chi connectivity index (χ3n) is 5.07. The molecular weight excluding hydrogens is 436 g/mol. The van der Waals surface area contributed by atoms with Crippen molar-refractivity contribution >= 4 is 18.0 Å². The quantitative estimate of drug-likeness (QED) is 0.137. The lowest BCUT2D eigenvalue weighted by molar-refractivity contribution is -0.118. The molecule has 0 radical (unpaired) electrons. The molecule has 0 spiro atoms. The number of hydrogen-bond donors (Lipinski definition) is 5. The van der Waals surface area contributed by atoms with E-state index < -0.39 is 11.9 Å². The van der Waals surface area contributed by atoms with Gasteiger partial charge in [0.25, 0.3) is 11.8 Å². The zero-order valence-electron chi connectivity index (χ0n) is 19.6. The molecule has 34 heavy (non-hydrogen) atoms. The Kier molecular flexibility index (Phi) is 9.90. The molecule has 0 saturated heterocycles. The van der Waals surface area contributed by atoms with Crippen molar-refractivity contribution in [2.24, 2.45) is 11.6 Å². The number of para-hydroxylation sites is 1. The summed E-state index contributed by atoms with van der Waals surface area (Å²) in [5.74, 6) is 5.76. The topological polar surface area (TPSA) is 156 Å². The lowest BCUT2D eigenvalue weighted by Crippen LogP contribution is -2.38. The number of carbonyl (C=O) groups is 2. The van der Waals surface area contributed by atoms with Gasteiger partial charge in [-0.15, -0.1) is 0 Å². The molecule has 0 fully saturated rings. The average molecular weight is 469 g/mol. The van der Waals surface area contributed by atoms with Gasteiger partial charge in [0.2, 0.25) is 0 Å². The molecule has 0 heterocycles. The Morgan fingerprint density at radius 1 is 1.15 bits per heavy atom. The van der Waals surface area contributed by atoms with Gasteiger partial charge in [-0.3, -0.25) is 9.59 Å². The van der Waals surface area contributed by atoms with Crippen LogP contribution in [0.15, 0.2) is 54.4 Å². The van der Waals surface area contributed by atoms with Gasteiger partial charge in [-0.1, -0.05) is 37.3 Å². The van der Waals surface area contributed by atoms with Gasteiger partial charge in [0.05, 0.1) is 32.4 Å². The van der Waals surface area contributed by atoms with Crippen LogP contribution in [0, 0.1) is 5.41 Å². The first-order valence-electron chi connectivity index (χ1n) is 10.7.